The van der Waals surface area contributed by atoms with Gasteiger partial charge in [-0.1, -0.05) is 60.7 Å². The zero-order valence-corrected chi connectivity index (χ0v) is 30.9. The Balaban J connectivity index is 0.000000810. The first kappa shape index (κ1) is 44.7. The van der Waals surface area contributed by atoms with Gasteiger partial charge in [-0.3, -0.25) is 19.2 Å². The number of alkyl carbamates (subject to hydrolysis) is 1. The molecule has 0 aliphatic heterocycles. The Morgan fingerprint density at radius 1 is 0.640 bits per heavy atom. The van der Waals surface area contributed by atoms with Gasteiger partial charge in [0, 0.05) is 6.21 Å². The maximum absolute atomic E-state index is 12.4. The third kappa shape index (κ3) is 16.2. The van der Waals surface area contributed by atoms with E-state index in [0.717, 1.165) is 5.56 Å². The van der Waals surface area contributed by atoms with Crippen LogP contribution in [0.5, 0.6) is 0 Å². The van der Waals surface area contributed by atoms with Crippen LogP contribution in [0.15, 0.2) is 65.7 Å². The van der Waals surface area contributed by atoms with Crippen molar-refractivity contribution in [1.29, 1.82) is 0 Å². The van der Waals surface area contributed by atoms with Crippen LogP contribution in [0.25, 0.3) is 0 Å². The maximum Gasteiger partial charge on any atom is 0.434 e. The Hall–Kier alpha value is -5.27. The summed E-state index contributed by atoms with van der Waals surface area (Å²) < 4.78 is 28.5. The summed E-state index contributed by atoms with van der Waals surface area (Å²) in [7, 11) is 4.78. The van der Waals surface area contributed by atoms with E-state index in [1.807, 2.05) is 51.1 Å². The molecule has 0 saturated carbocycles. The predicted octanol–water partition coefficient (Wildman–Crippen LogP) is 5.61. The van der Waals surface area contributed by atoms with Crippen LogP contribution in [0.2, 0.25) is 0 Å². The number of nitrogens with one attached hydrogen (secondary N) is 1. The number of rotatable bonds is 8. The van der Waals surface area contributed by atoms with E-state index in [9.17, 15) is 28.8 Å². The molecule has 0 bridgehead atoms. The van der Waals surface area contributed by atoms with Crippen molar-refractivity contribution in [3.05, 3.63) is 71.8 Å². The van der Waals surface area contributed by atoms with Gasteiger partial charge < -0.3 is 33.7 Å². The van der Waals surface area contributed by atoms with E-state index in [2.05, 4.69) is 19.8 Å². The van der Waals surface area contributed by atoms with Crippen molar-refractivity contribution in [2.24, 2.45) is 16.3 Å². The molecule has 2 amide bonds. The maximum atomic E-state index is 12.4. The summed E-state index contributed by atoms with van der Waals surface area (Å²) in [6, 6.07) is 17.0. The lowest BCUT2D eigenvalue weighted by Gasteiger charge is -2.34. The molecular formula is C36H50N2O12. The standard InChI is InChI=1S/C18H25NO6.C12H15NO2.C6H10O4/c1-17(2,3)25-16(22)19-13(12-10-8-7-9-11-12)18(4,14(20)23-5)15(21)24-6;1-12(2,3)15-11(14)13-9-10-7-5-4-6-8-10;1-4(5(7)9-2)6(8)10-3/h7-11,13H,1-6H3,(H,19,22);4-9H,1-3H3;4H,1-3H3. The van der Waals surface area contributed by atoms with Crippen LogP contribution in [0.3, 0.4) is 0 Å². The van der Waals surface area contributed by atoms with Crippen LogP contribution in [0, 0.1) is 11.3 Å². The van der Waals surface area contributed by atoms with Crippen molar-refractivity contribution in [1.82, 2.24) is 5.32 Å². The quantitative estimate of drug-likeness (QED) is 0.156. The van der Waals surface area contributed by atoms with Crippen LogP contribution in [0.4, 0.5) is 9.59 Å². The van der Waals surface area contributed by atoms with Gasteiger partial charge in [-0.15, -0.1) is 0 Å². The number of esters is 4. The first-order valence-corrected chi connectivity index (χ1v) is 15.4. The lowest BCUT2D eigenvalue weighted by molar-refractivity contribution is -0.170. The SMILES string of the molecule is CC(C)(C)OC(=O)N=Cc1ccccc1.COC(=O)C(C)(C(=O)OC)C(NC(=O)OC(C)(C)C)c1ccccc1.COC(=O)C(C)C(=O)OC. The first-order valence-electron chi connectivity index (χ1n) is 15.4. The third-order valence-electron chi connectivity index (χ3n) is 6.21. The fraction of sp³-hybridized carbons (Fsp3) is 0.472. The van der Waals surface area contributed by atoms with E-state index in [4.69, 9.17) is 18.9 Å². The topological polar surface area (TPSA) is 182 Å². The minimum absolute atomic E-state index is 0.495. The highest BCUT2D eigenvalue weighted by Gasteiger charge is 2.52. The summed E-state index contributed by atoms with van der Waals surface area (Å²) in [5.41, 5.74) is -1.61. The zero-order valence-electron chi connectivity index (χ0n) is 30.9. The highest BCUT2D eigenvalue weighted by atomic mass is 16.6. The van der Waals surface area contributed by atoms with Crippen LogP contribution < -0.4 is 5.32 Å². The van der Waals surface area contributed by atoms with Crippen molar-refractivity contribution in [2.75, 3.05) is 28.4 Å². The van der Waals surface area contributed by atoms with Crippen molar-refractivity contribution < 1.29 is 57.2 Å². The molecule has 1 N–H and O–H groups in total. The second-order valence-electron chi connectivity index (χ2n) is 12.6. The largest absolute Gasteiger partial charge is 0.468 e. The number of aliphatic imine (C=N–C) groups is 1. The van der Waals surface area contributed by atoms with E-state index in [0.29, 0.717) is 5.56 Å². The molecule has 50 heavy (non-hydrogen) atoms. The van der Waals surface area contributed by atoms with Crippen LogP contribution in [-0.4, -0.2) is 81.9 Å². The summed E-state index contributed by atoms with van der Waals surface area (Å²) in [6.07, 6.45) is 0.167. The van der Waals surface area contributed by atoms with Gasteiger partial charge in [0.05, 0.1) is 34.5 Å². The Morgan fingerprint density at radius 3 is 1.44 bits per heavy atom. The summed E-state index contributed by atoms with van der Waals surface area (Å²) >= 11 is 0. The summed E-state index contributed by atoms with van der Waals surface area (Å²) in [6.45, 7) is 13.4. The molecule has 0 fully saturated rings. The first-order chi connectivity index (χ1) is 23.2. The predicted molar refractivity (Wildman–Crippen MR) is 184 cm³/mol. The van der Waals surface area contributed by atoms with Gasteiger partial charge in [0.15, 0.2) is 11.3 Å². The molecule has 0 heterocycles. The van der Waals surface area contributed by atoms with E-state index in [1.54, 1.807) is 51.1 Å². The van der Waals surface area contributed by atoms with Crippen molar-refractivity contribution in [3.63, 3.8) is 0 Å². The molecule has 2 aromatic rings. The van der Waals surface area contributed by atoms with Gasteiger partial charge in [0.2, 0.25) is 0 Å². The Labute approximate surface area is 293 Å². The zero-order chi connectivity index (χ0) is 38.7. The van der Waals surface area contributed by atoms with E-state index < -0.39 is 64.6 Å². The smallest absolute Gasteiger partial charge is 0.434 e. The minimum Gasteiger partial charge on any atom is -0.468 e. The summed E-state index contributed by atoms with van der Waals surface area (Å²) in [5.74, 6) is -3.64. The molecule has 276 valence electrons. The number of nitrogens with zero attached hydrogens (tertiary/aromatic N) is 1. The number of carbonyl (C=O) groups excluding carboxylic acids is 6. The second kappa shape index (κ2) is 21.0. The molecule has 0 aromatic heterocycles. The van der Waals surface area contributed by atoms with Gasteiger partial charge in [-0.2, -0.15) is 4.99 Å². The van der Waals surface area contributed by atoms with Gasteiger partial charge in [-0.05, 0) is 66.5 Å². The normalized spacial score (nSPS) is 11.7. The number of hydrogen-bond acceptors (Lipinski definition) is 12. The second-order valence-corrected chi connectivity index (χ2v) is 12.6. The molecule has 14 heteroatoms. The van der Waals surface area contributed by atoms with Gasteiger partial charge in [-0.25, -0.2) is 9.59 Å². The molecule has 2 rings (SSSR count). The molecule has 0 spiro atoms. The number of methoxy groups -OCH3 is 4. The molecule has 1 atom stereocenters. The highest BCUT2D eigenvalue weighted by Crippen LogP contribution is 2.36. The Morgan fingerprint density at radius 2 is 1.06 bits per heavy atom. The van der Waals surface area contributed by atoms with Crippen molar-refractivity contribution >= 4 is 42.3 Å². The fourth-order valence-electron chi connectivity index (χ4n) is 3.78. The van der Waals surface area contributed by atoms with E-state index in [1.165, 1.54) is 48.5 Å². The van der Waals surface area contributed by atoms with Gasteiger partial charge in [0.25, 0.3) is 0 Å². The third-order valence-corrected chi connectivity index (χ3v) is 6.21. The summed E-state index contributed by atoms with van der Waals surface area (Å²) in [4.78, 5) is 73.2. The minimum atomic E-state index is -1.79. The monoisotopic (exact) mass is 702 g/mol. The lowest BCUT2D eigenvalue weighted by Crippen LogP contribution is -2.51. The van der Waals surface area contributed by atoms with Crippen LogP contribution >= 0.6 is 0 Å². The molecule has 2 aromatic carbocycles. The number of carbonyl (C=O) groups is 6. The van der Waals surface area contributed by atoms with Crippen molar-refractivity contribution in [2.45, 2.75) is 72.6 Å². The lowest BCUT2D eigenvalue weighted by atomic mass is 9.78. The molecule has 0 aliphatic carbocycles. The molecule has 1 unspecified atom stereocenters. The number of amides is 2. The van der Waals surface area contributed by atoms with Crippen LogP contribution in [-0.2, 0) is 47.6 Å². The molecule has 14 nitrogen and oxygen atoms in total. The van der Waals surface area contributed by atoms with Gasteiger partial charge in [0.1, 0.15) is 11.2 Å². The average Bonchev–Trinajstić information content (AvgIpc) is 3.07. The summed E-state index contributed by atoms with van der Waals surface area (Å²) in [5, 5.41) is 2.60. The van der Waals surface area contributed by atoms with E-state index >= 15 is 0 Å². The van der Waals surface area contributed by atoms with Crippen molar-refractivity contribution in [3.8, 4) is 0 Å². The van der Waals surface area contributed by atoms with Crippen LogP contribution in [0.1, 0.15) is 72.6 Å². The number of benzene rings is 2. The molecule has 0 saturated heterocycles. The Kier molecular flexibility index (Phi) is 18.7. The number of ether oxygens (including phenoxy) is 6. The molecule has 0 radical (unpaired) electrons. The average molecular weight is 703 g/mol. The Bertz CT molecular complexity index is 1400. The number of hydrogen-bond donors (Lipinski definition) is 1. The van der Waals surface area contributed by atoms with E-state index in [-0.39, 0.29) is 0 Å². The molecule has 0 aliphatic rings. The fourth-order valence-corrected chi connectivity index (χ4v) is 3.78. The highest BCUT2D eigenvalue weighted by molar-refractivity contribution is 6.01. The van der Waals surface area contributed by atoms with Gasteiger partial charge >= 0.3 is 36.1 Å². The molecular weight excluding hydrogens is 652 g/mol.